The summed E-state index contributed by atoms with van der Waals surface area (Å²) in [6, 6.07) is 11.9. The Morgan fingerprint density at radius 2 is 1.85 bits per heavy atom. The first kappa shape index (κ1) is 15.9. The van der Waals surface area contributed by atoms with E-state index in [0.29, 0.717) is 16.1 Å². The summed E-state index contributed by atoms with van der Waals surface area (Å²) in [6.45, 7) is 0. The van der Waals surface area contributed by atoms with Gasteiger partial charge in [-0.1, -0.05) is 30.3 Å². The lowest BCUT2D eigenvalue weighted by Crippen LogP contribution is -2.29. The summed E-state index contributed by atoms with van der Waals surface area (Å²) < 4.78 is 20.4. The number of rotatable bonds is 2. The van der Waals surface area contributed by atoms with Gasteiger partial charge in [0, 0.05) is 17.1 Å². The standard InChI is InChI=1S/C20H11FN2O3S/c21-13-7-3-1-5-11(13)16-15-17(24)12-6-2-4-8-14(12)26-18(15)19(25)23(16)20-22-9-10-27-20/h1-10,16H/t16-/m1/s1. The van der Waals surface area contributed by atoms with Crippen molar-refractivity contribution in [3.8, 4) is 0 Å². The van der Waals surface area contributed by atoms with E-state index in [1.807, 2.05) is 0 Å². The van der Waals surface area contributed by atoms with Gasteiger partial charge in [0.05, 0.1) is 10.9 Å². The summed E-state index contributed by atoms with van der Waals surface area (Å²) in [5, 5.41) is 2.45. The zero-order valence-electron chi connectivity index (χ0n) is 13.8. The second-order valence-electron chi connectivity index (χ2n) is 6.08. The van der Waals surface area contributed by atoms with Gasteiger partial charge in [0.2, 0.25) is 5.76 Å². The Bertz CT molecular complexity index is 1250. The maximum absolute atomic E-state index is 14.6. The van der Waals surface area contributed by atoms with Crippen molar-refractivity contribution in [1.29, 1.82) is 0 Å². The molecule has 5 nitrogen and oxygen atoms in total. The van der Waals surface area contributed by atoms with Gasteiger partial charge in [-0.2, -0.15) is 0 Å². The van der Waals surface area contributed by atoms with Gasteiger partial charge in [-0.25, -0.2) is 9.37 Å². The normalized spacial score (nSPS) is 16.1. The molecule has 0 saturated carbocycles. The number of amides is 1. The fourth-order valence-electron chi connectivity index (χ4n) is 3.44. The van der Waals surface area contributed by atoms with E-state index in [1.165, 1.54) is 22.3 Å². The minimum atomic E-state index is -0.930. The number of carbonyl (C=O) groups is 1. The molecule has 0 unspecified atom stereocenters. The first-order chi connectivity index (χ1) is 13.2. The minimum Gasteiger partial charge on any atom is -0.450 e. The first-order valence-electron chi connectivity index (χ1n) is 8.20. The molecule has 0 aliphatic carbocycles. The maximum Gasteiger partial charge on any atom is 0.297 e. The number of thiazole rings is 1. The van der Waals surface area contributed by atoms with Gasteiger partial charge in [-0.05, 0) is 18.2 Å². The third-order valence-electron chi connectivity index (χ3n) is 4.60. The Morgan fingerprint density at radius 1 is 1.07 bits per heavy atom. The fourth-order valence-corrected chi connectivity index (χ4v) is 4.11. The van der Waals surface area contributed by atoms with Crippen molar-refractivity contribution in [2.24, 2.45) is 0 Å². The van der Waals surface area contributed by atoms with Crippen molar-refractivity contribution >= 4 is 33.3 Å². The summed E-state index contributed by atoms with van der Waals surface area (Å²) in [5.41, 5.74) is 0.344. The average Bonchev–Trinajstić information content (AvgIpc) is 3.29. The van der Waals surface area contributed by atoms with Crippen LogP contribution in [0.1, 0.15) is 27.7 Å². The lowest BCUT2D eigenvalue weighted by atomic mass is 9.98. The molecular formula is C20H11FN2O3S. The SMILES string of the molecule is O=C1c2oc3ccccc3c(=O)c2[C@@H](c2ccccc2F)N1c1nccs1. The number of halogens is 1. The van der Waals surface area contributed by atoms with Gasteiger partial charge >= 0.3 is 0 Å². The number of para-hydroxylation sites is 1. The number of hydrogen-bond donors (Lipinski definition) is 0. The largest absolute Gasteiger partial charge is 0.450 e. The molecule has 0 N–H and O–H groups in total. The molecule has 3 heterocycles. The van der Waals surface area contributed by atoms with Gasteiger partial charge in [0.1, 0.15) is 17.4 Å². The van der Waals surface area contributed by atoms with Crippen molar-refractivity contribution in [2.45, 2.75) is 6.04 Å². The predicted octanol–water partition coefficient (Wildman–Crippen LogP) is 4.14. The summed E-state index contributed by atoms with van der Waals surface area (Å²) in [5.74, 6) is -1.07. The lowest BCUT2D eigenvalue weighted by Gasteiger charge is -2.22. The van der Waals surface area contributed by atoms with Gasteiger partial charge < -0.3 is 4.42 Å². The van der Waals surface area contributed by atoms with E-state index >= 15 is 0 Å². The molecule has 1 aliphatic heterocycles. The van der Waals surface area contributed by atoms with Crippen LogP contribution in [-0.2, 0) is 0 Å². The first-order valence-corrected chi connectivity index (χ1v) is 9.08. The molecule has 27 heavy (non-hydrogen) atoms. The average molecular weight is 378 g/mol. The van der Waals surface area contributed by atoms with Crippen molar-refractivity contribution < 1.29 is 13.6 Å². The highest BCUT2D eigenvalue weighted by molar-refractivity contribution is 7.13. The molecule has 2 aromatic heterocycles. The van der Waals surface area contributed by atoms with Gasteiger partial charge in [-0.3, -0.25) is 14.5 Å². The monoisotopic (exact) mass is 378 g/mol. The summed E-state index contributed by atoms with van der Waals surface area (Å²) in [7, 11) is 0. The van der Waals surface area contributed by atoms with Crippen LogP contribution in [0.5, 0.6) is 0 Å². The molecule has 7 heteroatoms. The number of nitrogens with zero attached hydrogens (tertiary/aromatic N) is 2. The molecule has 1 amide bonds. The Kier molecular flexibility index (Phi) is 3.45. The zero-order chi connectivity index (χ0) is 18.5. The van der Waals surface area contributed by atoms with E-state index < -0.39 is 17.8 Å². The molecule has 0 saturated heterocycles. The topological polar surface area (TPSA) is 63.4 Å². The molecular weight excluding hydrogens is 367 g/mol. The smallest absolute Gasteiger partial charge is 0.297 e. The van der Waals surface area contributed by atoms with Crippen molar-refractivity contribution in [3.05, 3.63) is 93.0 Å². The summed E-state index contributed by atoms with van der Waals surface area (Å²) >= 11 is 1.24. The number of fused-ring (bicyclic) bond motifs is 2. The van der Waals surface area contributed by atoms with E-state index in [4.69, 9.17) is 4.42 Å². The van der Waals surface area contributed by atoms with Crippen LogP contribution in [0.3, 0.4) is 0 Å². The molecule has 0 bridgehead atoms. The van der Waals surface area contributed by atoms with Crippen molar-refractivity contribution in [3.63, 3.8) is 0 Å². The number of aromatic nitrogens is 1. The Hall–Kier alpha value is -3.32. The molecule has 4 aromatic rings. The highest BCUT2D eigenvalue weighted by Gasteiger charge is 2.45. The van der Waals surface area contributed by atoms with E-state index in [9.17, 15) is 14.0 Å². The quantitative estimate of drug-likeness (QED) is 0.526. The third-order valence-corrected chi connectivity index (χ3v) is 5.37. The molecule has 1 aliphatic rings. The molecule has 1 atom stereocenters. The van der Waals surface area contributed by atoms with Crippen LogP contribution >= 0.6 is 11.3 Å². The Balaban J connectivity index is 1.87. The molecule has 0 spiro atoms. The second kappa shape index (κ2) is 5.85. The molecule has 0 radical (unpaired) electrons. The highest BCUT2D eigenvalue weighted by atomic mass is 32.1. The second-order valence-corrected chi connectivity index (χ2v) is 6.96. The van der Waals surface area contributed by atoms with Gasteiger partial charge in [-0.15, -0.1) is 11.3 Å². The fraction of sp³-hybridized carbons (Fsp3) is 0.0500. The van der Waals surface area contributed by atoms with E-state index in [-0.39, 0.29) is 22.3 Å². The van der Waals surface area contributed by atoms with Crippen LogP contribution in [-0.4, -0.2) is 10.9 Å². The van der Waals surface area contributed by atoms with Gasteiger partial charge in [0.25, 0.3) is 5.91 Å². The van der Waals surface area contributed by atoms with E-state index in [2.05, 4.69) is 4.98 Å². The van der Waals surface area contributed by atoms with Crippen LogP contribution in [0.4, 0.5) is 9.52 Å². The Morgan fingerprint density at radius 3 is 2.63 bits per heavy atom. The summed E-state index contributed by atoms with van der Waals surface area (Å²) in [6.07, 6.45) is 1.56. The van der Waals surface area contributed by atoms with Crippen LogP contribution in [0.2, 0.25) is 0 Å². The predicted molar refractivity (Wildman–Crippen MR) is 99.7 cm³/mol. The Labute approximate surface area is 156 Å². The maximum atomic E-state index is 14.6. The minimum absolute atomic E-state index is 0.0675. The highest BCUT2D eigenvalue weighted by Crippen LogP contribution is 2.42. The molecule has 5 rings (SSSR count). The number of anilines is 1. The summed E-state index contributed by atoms with van der Waals surface area (Å²) in [4.78, 5) is 31.8. The van der Waals surface area contributed by atoms with E-state index in [0.717, 1.165) is 0 Å². The number of hydrogen-bond acceptors (Lipinski definition) is 5. The van der Waals surface area contributed by atoms with Crippen LogP contribution < -0.4 is 10.3 Å². The number of benzene rings is 2. The van der Waals surface area contributed by atoms with Crippen LogP contribution in [0.15, 0.2) is 69.3 Å². The number of carbonyl (C=O) groups excluding carboxylic acids is 1. The lowest BCUT2D eigenvalue weighted by molar-refractivity contribution is 0.0970. The van der Waals surface area contributed by atoms with Crippen LogP contribution in [0.25, 0.3) is 11.0 Å². The molecule has 132 valence electrons. The van der Waals surface area contributed by atoms with Crippen LogP contribution in [0, 0.1) is 5.82 Å². The van der Waals surface area contributed by atoms with Crippen molar-refractivity contribution in [2.75, 3.05) is 4.90 Å². The van der Waals surface area contributed by atoms with Gasteiger partial charge in [0.15, 0.2) is 10.6 Å². The molecule has 2 aromatic carbocycles. The van der Waals surface area contributed by atoms with Crippen molar-refractivity contribution in [1.82, 2.24) is 4.98 Å². The molecule has 0 fully saturated rings. The zero-order valence-corrected chi connectivity index (χ0v) is 14.6. The van der Waals surface area contributed by atoms with E-state index in [1.54, 1.807) is 54.0 Å². The third kappa shape index (κ3) is 2.25.